The number of carbonyl (C=O) groups is 2. The van der Waals surface area contributed by atoms with Gasteiger partial charge in [-0.05, 0) is 97.7 Å². The second kappa shape index (κ2) is 14.8. The molecule has 5 heterocycles. The third kappa shape index (κ3) is 7.81. The van der Waals surface area contributed by atoms with Crippen LogP contribution in [-0.2, 0) is 29.5 Å². The van der Waals surface area contributed by atoms with E-state index in [0.717, 1.165) is 75.0 Å². The number of esters is 1. The molecule has 0 radical (unpaired) electrons. The summed E-state index contributed by atoms with van der Waals surface area (Å²) in [5.41, 5.74) is 4.78. The molecule has 0 saturated carbocycles. The number of nitrogens with zero attached hydrogens (tertiary/aromatic N) is 5. The predicted octanol–water partition coefficient (Wildman–Crippen LogP) is 9.13. The van der Waals surface area contributed by atoms with Gasteiger partial charge in [-0.2, -0.15) is 5.10 Å². The lowest BCUT2D eigenvalue weighted by atomic mass is 9.88. The van der Waals surface area contributed by atoms with Crippen LogP contribution in [0.1, 0.15) is 81.8 Å². The highest BCUT2D eigenvalue weighted by Crippen LogP contribution is 2.43. The fourth-order valence-corrected chi connectivity index (χ4v) is 8.64. The molecular weight excluding hydrogens is 714 g/mol. The van der Waals surface area contributed by atoms with E-state index in [0.29, 0.717) is 43.3 Å². The highest BCUT2D eigenvalue weighted by Gasteiger charge is 2.48. The summed E-state index contributed by atoms with van der Waals surface area (Å²) in [7, 11) is 1.94. The molecule has 5 aromatic rings. The highest BCUT2D eigenvalue weighted by molar-refractivity contribution is 6.35. The number of piperazine rings is 1. The molecule has 0 spiro atoms. The van der Waals surface area contributed by atoms with E-state index in [-0.39, 0.29) is 24.1 Å². The van der Waals surface area contributed by atoms with E-state index < -0.39 is 11.2 Å². The highest BCUT2D eigenvalue weighted by atomic mass is 35.5. The zero-order valence-electron chi connectivity index (χ0n) is 33.7. The first kappa shape index (κ1) is 38.7. The molecule has 3 saturated heterocycles. The van der Waals surface area contributed by atoms with Gasteiger partial charge in [0.05, 0.1) is 34.9 Å². The van der Waals surface area contributed by atoms with Gasteiger partial charge in [0.2, 0.25) is 0 Å². The van der Waals surface area contributed by atoms with Crippen molar-refractivity contribution in [2.45, 2.75) is 104 Å². The van der Waals surface area contributed by atoms with Crippen molar-refractivity contribution in [1.29, 1.82) is 0 Å². The van der Waals surface area contributed by atoms with E-state index in [2.05, 4.69) is 34.6 Å². The second-order valence-electron chi connectivity index (χ2n) is 17.1. The van der Waals surface area contributed by atoms with Gasteiger partial charge in [0.1, 0.15) is 22.6 Å². The number of amides is 1. The van der Waals surface area contributed by atoms with Gasteiger partial charge in [-0.3, -0.25) is 14.5 Å². The molecule has 3 fully saturated rings. The lowest BCUT2D eigenvalue weighted by Crippen LogP contribution is -2.70. The van der Waals surface area contributed by atoms with E-state index in [9.17, 15) is 9.59 Å². The van der Waals surface area contributed by atoms with Gasteiger partial charge in [0.25, 0.3) is 0 Å². The Kier molecular flexibility index (Phi) is 10.5. The van der Waals surface area contributed by atoms with Crippen LogP contribution in [0.4, 0.5) is 4.79 Å². The van der Waals surface area contributed by atoms with E-state index in [1.54, 1.807) is 0 Å². The minimum absolute atomic E-state index is 0.100. The summed E-state index contributed by atoms with van der Waals surface area (Å²) in [4.78, 5) is 31.8. The van der Waals surface area contributed by atoms with Crippen LogP contribution in [0.25, 0.3) is 32.8 Å². The molecule has 2 atom stereocenters. The standard InChI is InChI=1S/C44H54ClN5O5/c1-27-37(28(2)47(9)46-27)38-35(45)20-19-34-33(17-13-23-53-36-18-12-15-29-14-10-11-16-32(29)36)40(41(51)54-43(3,4)5)49(39(34)38)22-21-48-25-30-24-31(26-48)50(30)42(52)55-44(6,7)8/h10-12,14-16,18-20,30-31H,13,17,21-26H2,1-9H3. The number of piperidine rings is 1. The first-order chi connectivity index (χ1) is 26.0. The number of rotatable bonds is 10. The summed E-state index contributed by atoms with van der Waals surface area (Å²) in [5, 5.41) is 8.51. The maximum atomic E-state index is 14.5. The van der Waals surface area contributed by atoms with Gasteiger partial charge in [-0.1, -0.05) is 54.1 Å². The Morgan fingerprint density at radius 2 is 1.55 bits per heavy atom. The van der Waals surface area contributed by atoms with Gasteiger partial charge in [0, 0.05) is 60.8 Å². The third-order valence-electron chi connectivity index (χ3n) is 10.7. The molecule has 0 N–H and O–H groups in total. The normalized spacial score (nSPS) is 17.5. The van der Waals surface area contributed by atoms with E-state index >= 15 is 0 Å². The summed E-state index contributed by atoms with van der Waals surface area (Å²) in [6, 6.07) is 18.5. The van der Waals surface area contributed by atoms with E-state index in [1.165, 1.54) is 0 Å². The van der Waals surface area contributed by atoms with Crippen molar-refractivity contribution in [3.63, 3.8) is 0 Å². The summed E-state index contributed by atoms with van der Waals surface area (Å²) >= 11 is 7.17. The molecule has 2 aromatic heterocycles. The zero-order chi connectivity index (χ0) is 39.4. The Morgan fingerprint density at radius 3 is 2.22 bits per heavy atom. The molecule has 3 aliphatic heterocycles. The summed E-state index contributed by atoms with van der Waals surface area (Å²) in [5.74, 6) is 0.474. The maximum absolute atomic E-state index is 14.5. The number of fused-ring (bicyclic) bond motifs is 4. The fraction of sp³-hybridized carbons (Fsp3) is 0.477. The number of benzene rings is 3. The Balaban J connectivity index is 1.26. The van der Waals surface area contributed by atoms with Crippen LogP contribution in [0.15, 0.2) is 54.6 Å². The van der Waals surface area contributed by atoms with Crippen LogP contribution in [-0.4, -0.2) is 85.7 Å². The molecule has 8 rings (SSSR count). The maximum Gasteiger partial charge on any atom is 0.410 e. The first-order valence-corrected chi connectivity index (χ1v) is 19.8. The van der Waals surface area contributed by atoms with Crippen LogP contribution >= 0.6 is 11.6 Å². The van der Waals surface area contributed by atoms with Crippen LogP contribution in [0.3, 0.4) is 0 Å². The number of hydrogen-bond acceptors (Lipinski definition) is 7. The van der Waals surface area contributed by atoms with Crippen LogP contribution in [0.2, 0.25) is 5.02 Å². The largest absolute Gasteiger partial charge is 0.493 e. The summed E-state index contributed by atoms with van der Waals surface area (Å²) in [6.07, 6.45) is 1.99. The Morgan fingerprint density at radius 1 is 0.855 bits per heavy atom. The molecule has 1 amide bonds. The molecule has 3 aromatic carbocycles. The van der Waals surface area contributed by atoms with Crippen LogP contribution in [0, 0.1) is 13.8 Å². The van der Waals surface area contributed by atoms with Gasteiger partial charge >= 0.3 is 12.1 Å². The summed E-state index contributed by atoms with van der Waals surface area (Å²) < 4.78 is 22.3. The van der Waals surface area contributed by atoms with Gasteiger partial charge in [-0.15, -0.1) is 0 Å². The minimum Gasteiger partial charge on any atom is -0.493 e. The molecule has 11 heteroatoms. The summed E-state index contributed by atoms with van der Waals surface area (Å²) in [6.45, 7) is 18.6. The molecule has 3 aliphatic rings. The Labute approximate surface area is 329 Å². The topological polar surface area (TPSA) is 91.1 Å². The van der Waals surface area contributed by atoms with Gasteiger partial charge < -0.3 is 18.8 Å². The monoisotopic (exact) mass is 767 g/mol. The molecular formula is C44H54ClN5O5. The molecule has 2 bridgehead atoms. The number of aromatic nitrogens is 3. The quantitative estimate of drug-likeness (QED) is 0.103. The number of halogens is 1. The smallest absolute Gasteiger partial charge is 0.410 e. The number of aryl methyl sites for hydroxylation is 3. The van der Waals surface area contributed by atoms with Gasteiger partial charge in [0.15, 0.2) is 0 Å². The van der Waals surface area contributed by atoms with Crippen molar-refractivity contribution < 1.29 is 23.8 Å². The van der Waals surface area contributed by atoms with Crippen molar-refractivity contribution >= 4 is 45.3 Å². The molecule has 10 nitrogen and oxygen atoms in total. The molecule has 0 aliphatic carbocycles. The van der Waals surface area contributed by atoms with Crippen molar-refractivity contribution in [2.24, 2.45) is 7.05 Å². The number of ether oxygens (including phenoxy) is 3. The minimum atomic E-state index is -0.705. The first-order valence-electron chi connectivity index (χ1n) is 19.4. The van der Waals surface area contributed by atoms with E-state index in [1.807, 2.05) is 101 Å². The lowest BCUT2D eigenvalue weighted by molar-refractivity contribution is -0.0767. The zero-order valence-corrected chi connectivity index (χ0v) is 34.4. The van der Waals surface area contributed by atoms with Crippen molar-refractivity contribution in [3.05, 3.63) is 82.3 Å². The van der Waals surface area contributed by atoms with Crippen molar-refractivity contribution in [2.75, 3.05) is 26.2 Å². The van der Waals surface area contributed by atoms with Crippen molar-refractivity contribution in [3.8, 4) is 16.9 Å². The molecule has 2 unspecified atom stereocenters. The molecule has 55 heavy (non-hydrogen) atoms. The number of hydrogen-bond donors (Lipinski definition) is 0. The third-order valence-corrected chi connectivity index (χ3v) is 11.0. The second-order valence-corrected chi connectivity index (χ2v) is 17.5. The SMILES string of the molecule is Cc1nn(C)c(C)c1-c1c(Cl)ccc2c(CCCOc3cccc4ccccc34)c(C(=O)OC(C)(C)C)n(CCN3CC4CC(C3)N4C(=O)OC(C)(C)C)c12. The van der Waals surface area contributed by atoms with E-state index in [4.69, 9.17) is 30.9 Å². The average Bonchev–Trinajstić information content (AvgIpc) is 3.55. The Bertz CT molecular complexity index is 2240. The predicted molar refractivity (Wildman–Crippen MR) is 218 cm³/mol. The Hall–Kier alpha value is -4.54. The van der Waals surface area contributed by atoms with Crippen LogP contribution < -0.4 is 4.74 Å². The van der Waals surface area contributed by atoms with Crippen molar-refractivity contribution in [1.82, 2.24) is 24.1 Å². The fourth-order valence-electron chi connectivity index (χ4n) is 8.39. The lowest BCUT2D eigenvalue weighted by Gasteiger charge is -2.55. The average molecular weight is 768 g/mol. The number of carbonyl (C=O) groups excluding carboxylic acids is 2. The molecule has 292 valence electrons. The van der Waals surface area contributed by atoms with Gasteiger partial charge in [-0.25, -0.2) is 9.59 Å². The van der Waals surface area contributed by atoms with Crippen LogP contribution in [0.5, 0.6) is 5.75 Å².